The van der Waals surface area contributed by atoms with E-state index >= 15 is 0 Å². The van der Waals surface area contributed by atoms with Gasteiger partial charge in [0.15, 0.2) is 6.23 Å². The molecule has 2 unspecified atom stereocenters. The fraction of sp³-hybridized carbons (Fsp3) is 0.833. The highest BCUT2D eigenvalue weighted by atomic mass is 16.8. The fourth-order valence-corrected chi connectivity index (χ4v) is 0.658. The Balaban J connectivity index is 2.08. The molecule has 1 aliphatic rings. The average molecular weight is 161 g/mol. The molecule has 0 bridgehead atoms. The van der Waals surface area contributed by atoms with Crippen molar-refractivity contribution in [2.75, 3.05) is 20.3 Å². The highest BCUT2D eigenvalue weighted by Crippen LogP contribution is 2.17. The van der Waals surface area contributed by atoms with Gasteiger partial charge in [0.05, 0.1) is 20.3 Å². The molecule has 0 saturated carbocycles. The Morgan fingerprint density at radius 2 is 2.45 bits per heavy atom. The SMILES string of the molecule is CCOC(=O)OC1CN1OC. The molecule has 1 rings (SSSR count). The molecule has 5 nitrogen and oxygen atoms in total. The number of rotatable bonds is 3. The molecular formula is C6H11NO4. The van der Waals surface area contributed by atoms with E-state index < -0.39 is 6.16 Å². The third kappa shape index (κ3) is 2.36. The van der Waals surface area contributed by atoms with Gasteiger partial charge in [-0.2, -0.15) is 0 Å². The predicted octanol–water partition coefficient (Wildman–Crippen LogP) is 0.363. The highest BCUT2D eigenvalue weighted by molar-refractivity contribution is 5.60. The minimum Gasteiger partial charge on any atom is -0.435 e. The van der Waals surface area contributed by atoms with Crippen LogP contribution in [0.5, 0.6) is 0 Å². The second-order valence-corrected chi connectivity index (χ2v) is 2.04. The summed E-state index contributed by atoms with van der Waals surface area (Å²) in [5, 5.41) is 1.52. The third-order valence-corrected chi connectivity index (χ3v) is 1.25. The quantitative estimate of drug-likeness (QED) is 0.442. The van der Waals surface area contributed by atoms with Crippen LogP contribution in [0, 0.1) is 0 Å². The topological polar surface area (TPSA) is 47.8 Å². The molecule has 11 heavy (non-hydrogen) atoms. The van der Waals surface area contributed by atoms with E-state index in [2.05, 4.69) is 4.74 Å². The van der Waals surface area contributed by atoms with Gasteiger partial charge in [0.25, 0.3) is 0 Å². The summed E-state index contributed by atoms with van der Waals surface area (Å²) in [6.45, 7) is 2.68. The summed E-state index contributed by atoms with van der Waals surface area (Å²) in [4.78, 5) is 15.4. The molecular weight excluding hydrogens is 150 g/mol. The number of hydrogen-bond acceptors (Lipinski definition) is 5. The Bertz CT molecular complexity index is 150. The van der Waals surface area contributed by atoms with Crippen LogP contribution in [0.4, 0.5) is 4.79 Å². The van der Waals surface area contributed by atoms with Crippen LogP contribution < -0.4 is 0 Å². The molecule has 5 heteroatoms. The van der Waals surface area contributed by atoms with Crippen LogP contribution in [-0.2, 0) is 14.3 Å². The Labute approximate surface area is 64.8 Å². The first-order chi connectivity index (χ1) is 5.27. The number of ether oxygens (including phenoxy) is 2. The third-order valence-electron chi connectivity index (χ3n) is 1.25. The molecule has 0 aromatic rings. The number of hydrogen-bond donors (Lipinski definition) is 0. The maximum Gasteiger partial charge on any atom is 0.509 e. The molecule has 0 spiro atoms. The average Bonchev–Trinajstić information content (AvgIpc) is 2.68. The molecule has 0 amide bonds. The van der Waals surface area contributed by atoms with Crippen LogP contribution >= 0.6 is 0 Å². The molecule has 64 valence electrons. The molecule has 1 fully saturated rings. The van der Waals surface area contributed by atoms with Crippen LogP contribution in [-0.4, -0.2) is 37.7 Å². The van der Waals surface area contributed by atoms with Crippen LogP contribution in [0.25, 0.3) is 0 Å². The first-order valence-corrected chi connectivity index (χ1v) is 3.42. The Hall–Kier alpha value is -0.810. The second kappa shape index (κ2) is 3.54. The lowest BCUT2D eigenvalue weighted by Gasteiger charge is -2.02. The number of carbonyl (C=O) groups excluding carboxylic acids is 1. The van der Waals surface area contributed by atoms with Gasteiger partial charge < -0.3 is 9.47 Å². The van der Waals surface area contributed by atoms with Gasteiger partial charge in [0, 0.05) is 0 Å². The molecule has 0 aromatic carbocycles. The van der Waals surface area contributed by atoms with Gasteiger partial charge in [-0.3, -0.25) is 4.84 Å². The van der Waals surface area contributed by atoms with Gasteiger partial charge in [-0.05, 0) is 6.92 Å². The molecule has 0 aromatic heterocycles. The van der Waals surface area contributed by atoms with Crippen molar-refractivity contribution >= 4 is 6.16 Å². The van der Waals surface area contributed by atoms with Crippen LogP contribution in [0.15, 0.2) is 0 Å². The van der Waals surface area contributed by atoms with Crippen molar-refractivity contribution in [3.8, 4) is 0 Å². The van der Waals surface area contributed by atoms with E-state index in [0.29, 0.717) is 13.2 Å². The summed E-state index contributed by atoms with van der Waals surface area (Å²) in [6.07, 6.45) is -0.893. The van der Waals surface area contributed by atoms with Gasteiger partial charge in [-0.25, -0.2) is 4.79 Å². The molecule has 1 aliphatic heterocycles. The van der Waals surface area contributed by atoms with Crippen LogP contribution in [0.3, 0.4) is 0 Å². The van der Waals surface area contributed by atoms with Gasteiger partial charge in [-0.1, -0.05) is 0 Å². The second-order valence-electron chi connectivity index (χ2n) is 2.04. The summed E-state index contributed by atoms with van der Waals surface area (Å²) in [7, 11) is 1.52. The van der Waals surface area contributed by atoms with Gasteiger partial charge >= 0.3 is 6.16 Å². The monoisotopic (exact) mass is 161 g/mol. The van der Waals surface area contributed by atoms with Crippen molar-refractivity contribution in [3.05, 3.63) is 0 Å². The lowest BCUT2D eigenvalue weighted by atomic mass is 10.8. The number of hydroxylamine groups is 2. The zero-order chi connectivity index (χ0) is 8.27. The normalized spacial score (nSPS) is 27.8. The summed E-state index contributed by atoms with van der Waals surface area (Å²) < 4.78 is 9.29. The van der Waals surface area contributed by atoms with E-state index in [1.54, 1.807) is 6.92 Å². The van der Waals surface area contributed by atoms with Crippen LogP contribution in [0.1, 0.15) is 6.92 Å². The number of nitrogens with zero attached hydrogens (tertiary/aromatic N) is 1. The summed E-state index contributed by atoms with van der Waals surface area (Å²) in [5.41, 5.74) is 0. The highest BCUT2D eigenvalue weighted by Gasteiger charge is 2.39. The Morgan fingerprint density at radius 3 is 2.91 bits per heavy atom. The van der Waals surface area contributed by atoms with Gasteiger partial charge in [-0.15, -0.1) is 5.06 Å². The van der Waals surface area contributed by atoms with Crippen LogP contribution in [0.2, 0.25) is 0 Å². The predicted molar refractivity (Wildman–Crippen MR) is 35.6 cm³/mol. The molecule has 1 heterocycles. The lowest BCUT2D eigenvalue weighted by Crippen LogP contribution is -2.12. The maximum atomic E-state index is 10.6. The van der Waals surface area contributed by atoms with E-state index in [1.807, 2.05) is 0 Å². The Kier molecular flexibility index (Phi) is 2.67. The molecule has 0 aliphatic carbocycles. The van der Waals surface area contributed by atoms with Gasteiger partial charge in [0.2, 0.25) is 0 Å². The summed E-state index contributed by atoms with van der Waals surface area (Å²) in [5.74, 6) is 0. The summed E-state index contributed by atoms with van der Waals surface area (Å²) in [6, 6.07) is 0. The smallest absolute Gasteiger partial charge is 0.435 e. The van der Waals surface area contributed by atoms with E-state index in [4.69, 9.17) is 9.57 Å². The standard InChI is InChI=1S/C6H11NO4/c1-3-10-6(8)11-5-4-7(5)9-2/h5H,3-4H2,1-2H3. The van der Waals surface area contributed by atoms with E-state index in [0.717, 1.165) is 0 Å². The van der Waals surface area contributed by atoms with Crippen molar-refractivity contribution < 1.29 is 19.1 Å². The first kappa shape index (κ1) is 8.29. The van der Waals surface area contributed by atoms with E-state index in [9.17, 15) is 4.79 Å². The summed E-state index contributed by atoms with van der Waals surface area (Å²) >= 11 is 0. The van der Waals surface area contributed by atoms with E-state index in [-0.39, 0.29) is 6.23 Å². The number of carbonyl (C=O) groups is 1. The van der Waals surface area contributed by atoms with Gasteiger partial charge in [0.1, 0.15) is 0 Å². The zero-order valence-corrected chi connectivity index (χ0v) is 6.57. The largest absolute Gasteiger partial charge is 0.509 e. The minimum absolute atomic E-state index is 0.251. The molecule has 0 radical (unpaired) electrons. The van der Waals surface area contributed by atoms with Crippen molar-refractivity contribution in [3.63, 3.8) is 0 Å². The minimum atomic E-state index is -0.642. The van der Waals surface area contributed by atoms with E-state index in [1.165, 1.54) is 12.2 Å². The zero-order valence-electron chi connectivity index (χ0n) is 6.57. The Morgan fingerprint density at radius 1 is 1.73 bits per heavy atom. The molecule has 0 N–H and O–H groups in total. The molecule has 2 atom stereocenters. The van der Waals surface area contributed by atoms with Crippen molar-refractivity contribution in [2.45, 2.75) is 13.2 Å². The molecule has 1 saturated heterocycles. The van der Waals surface area contributed by atoms with Crippen molar-refractivity contribution in [2.24, 2.45) is 0 Å². The van der Waals surface area contributed by atoms with Crippen molar-refractivity contribution in [1.29, 1.82) is 0 Å². The maximum absolute atomic E-state index is 10.6. The lowest BCUT2D eigenvalue weighted by molar-refractivity contribution is -0.0831. The first-order valence-electron chi connectivity index (χ1n) is 3.42. The van der Waals surface area contributed by atoms with Crippen molar-refractivity contribution in [1.82, 2.24) is 5.06 Å². The fourth-order valence-electron chi connectivity index (χ4n) is 0.658.